The quantitative estimate of drug-likeness (QED) is 0.677. The molecule has 6 nitrogen and oxygen atoms in total. The van der Waals surface area contributed by atoms with Crippen molar-refractivity contribution in [2.75, 3.05) is 0 Å². The van der Waals surface area contributed by atoms with Gasteiger partial charge in [-0.05, 0) is 37.6 Å². The summed E-state index contributed by atoms with van der Waals surface area (Å²) in [5.74, 6) is -1.61. The van der Waals surface area contributed by atoms with Gasteiger partial charge in [-0.15, -0.1) is 0 Å². The average molecular weight is 370 g/mol. The molecule has 2 N–H and O–H groups in total. The van der Waals surface area contributed by atoms with Crippen molar-refractivity contribution in [2.45, 2.75) is 26.4 Å². The molecular formula is C20H19FN2O4. The van der Waals surface area contributed by atoms with Gasteiger partial charge in [0.05, 0.1) is 12.7 Å². The van der Waals surface area contributed by atoms with E-state index in [1.54, 1.807) is 6.07 Å². The summed E-state index contributed by atoms with van der Waals surface area (Å²) in [6.45, 7) is 3.41. The summed E-state index contributed by atoms with van der Waals surface area (Å²) in [4.78, 5) is 24.1. The molecule has 1 heterocycles. The summed E-state index contributed by atoms with van der Waals surface area (Å²) in [6.07, 6.45) is 0.578. The maximum absolute atomic E-state index is 13.6. The molecule has 0 aliphatic heterocycles. The van der Waals surface area contributed by atoms with Crippen molar-refractivity contribution in [1.29, 1.82) is 0 Å². The Kier molecular flexibility index (Phi) is 5.40. The molecule has 1 aromatic heterocycles. The zero-order valence-electron chi connectivity index (χ0n) is 14.9. The molecule has 0 saturated heterocycles. The third kappa shape index (κ3) is 4.44. The van der Waals surface area contributed by atoms with Gasteiger partial charge in [-0.3, -0.25) is 20.4 Å². The van der Waals surface area contributed by atoms with Crippen LogP contribution in [0.4, 0.5) is 4.39 Å². The Morgan fingerprint density at radius 3 is 2.74 bits per heavy atom. The molecule has 0 radical (unpaired) electrons. The summed E-state index contributed by atoms with van der Waals surface area (Å²) in [5, 5.41) is 0.846. The molecule has 0 bridgehead atoms. The SMILES string of the molecule is Cc1ccc2c(CC(=O)NNC(=O)C(C)Oc3ccccc3F)coc2c1. The monoisotopic (exact) mass is 370 g/mol. The first kappa shape index (κ1) is 18.4. The number of carbonyl (C=O) groups excluding carboxylic acids is 2. The van der Waals surface area contributed by atoms with Crippen LogP contribution in [0.2, 0.25) is 0 Å². The second-order valence-electron chi connectivity index (χ2n) is 6.17. The normalized spacial score (nSPS) is 11.8. The Hall–Kier alpha value is -3.35. The lowest BCUT2D eigenvalue weighted by Crippen LogP contribution is -2.47. The zero-order chi connectivity index (χ0) is 19.4. The summed E-state index contributed by atoms with van der Waals surface area (Å²) in [6, 6.07) is 11.5. The first-order chi connectivity index (χ1) is 12.9. The van der Waals surface area contributed by atoms with E-state index in [9.17, 15) is 14.0 Å². The standard InChI is InChI=1S/C20H19FN2O4/c1-12-7-8-15-14(11-26-18(15)9-12)10-19(24)22-23-20(25)13(2)27-17-6-4-3-5-16(17)21/h3-9,11,13H,10H2,1-2H3,(H,22,24)(H,23,25). The van der Waals surface area contributed by atoms with Gasteiger partial charge in [-0.2, -0.15) is 0 Å². The summed E-state index contributed by atoms with van der Waals surface area (Å²) >= 11 is 0. The van der Waals surface area contributed by atoms with Crippen LogP contribution < -0.4 is 15.6 Å². The summed E-state index contributed by atoms with van der Waals surface area (Å²) in [5.41, 5.74) is 7.08. The van der Waals surface area contributed by atoms with Gasteiger partial charge in [-0.1, -0.05) is 24.3 Å². The van der Waals surface area contributed by atoms with Gasteiger partial charge in [0, 0.05) is 10.9 Å². The lowest BCUT2D eigenvalue weighted by Gasteiger charge is -2.15. The van der Waals surface area contributed by atoms with E-state index >= 15 is 0 Å². The number of furan rings is 1. The van der Waals surface area contributed by atoms with Crippen LogP contribution in [0.25, 0.3) is 11.0 Å². The largest absolute Gasteiger partial charge is 0.478 e. The molecule has 0 aliphatic rings. The minimum Gasteiger partial charge on any atom is -0.478 e. The van der Waals surface area contributed by atoms with Crippen molar-refractivity contribution < 1.29 is 23.1 Å². The molecule has 7 heteroatoms. The van der Waals surface area contributed by atoms with Gasteiger partial charge < -0.3 is 9.15 Å². The van der Waals surface area contributed by atoms with Gasteiger partial charge in [0.15, 0.2) is 17.7 Å². The Morgan fingerprint density at radius 2 is 1.96 bits per heavy atom. The van der Waals surface area contributed by atoms with E-state index in [1.165, 1.54) is 31.4 Å². The molecule has 0 spiro atoms. The number of nitrogens with one attached hydrogen (secondary N) is 2. The van der Waals surface area contributed by atoms with E-state index in [0.717, 1.165) is 10.9 Å². The fraction of sp³-hybridized carbons (Fsp3) is 0.200. The third-order valence-corrected chi connectivity index (χ3v) is 4.00. The number of aryl methyl sites for hydroxylation is 1. The smallest absolute Gasteiger partial charge is 0.279 e. The van der Waals surface area contributed by atoms with E-state index in [1.807, 2.05) is 25.1 Å². The molecule has 2 aromatic carbocycles. The van der Waals surface area contributed by atoms with E-state index in [0.29, 0.717) is 11.1 Å². The van der Waals surface area contributed by atoms with Crippen LogP contribution in [0.5, 0.6) is 5.75 Å². The number of hydrogen-bond acceptors (Lipinski definition) is 4. The van der Waals surface area contributed by atoms with Crippen molar-refractivity contribution >= 4 is 22.8 Å². The van der Waals surface area contributed by atoms with Crippen LogP contribution in [0, 0.1) is 12.7 Å². The van der Waals surface area contributed by atoms with Crippen LogP contribution in [-0.4, -0.2) is 17.9 Å². The number of carbonyl (C=O) groups is 2. The molecule has 140 valence electrons. The molecule has 2 amide bonds. The number of ether oxygens (including phenoxy) is 1. The second-order valence-corrected chi connectivity index (χ2v) is 6.17. The van der Waals surface area contributed by atoms with Crippen molar-refractivity contribution in [3.63, 3.8) is 0 Å². The first-order valence-corrected chi connectivity index (χ1v) is 8.40. The van der Waals surface area contributed by atoms with Gasteiger partial charge >= 0.3 is 0 Å². The lowest BCUT2D eigenvalue weighted by molar-refractivity contribution is -0.132. The number of para-hydroxylation sites is 1. The molecule has 1 unspecified atom stereocenters. The Bertz CT molecular complexity index is 983. The Labute approximate surface area is 155 Å². The zero-order valence-corrected chi connectivity index (χ0v) is 14.9. The fourth-order valence-electron chi connectivity index (χ4n) is 2.56. The maximum Gasteiger partial charge on any atom is 0.279 e. The third-order valence-electron chi connectivity index (χ3n) is 4.00. The topological polar surface area (TPSA) is 80.6 Å². The number of fused-ring (bicyclic) bond motifs is 1. The highest BCUT2D eigenvalue weighted by Crippen LogP contribution is 2.22. The Balaban J connectivity index is 1.53. The fourth-order valence-corrected chi connectivity index (χ4v) is 2.56. The maximum atomic E-state index is 13.6. The lowest BCUT2D eigenvalue weighted by atomic mass is 10.1. The van der Waals surface area contributed by atoms with Gasteiger partial charge in [0.2, 0.25) is 5.91 Å². The van der Waals surface area contributed by atoms with Gasteiger partial charge in [0.1, 0.15) is 5.58 Å². The highest BCUT2D eigenvalue weighted by Gasteiger charge is 2.17. The van der Waals surface area contributed by atoms with Crippen molar-refractivity contribution in [3.05, 3.63) is 65.7 Å². The molecular weight excluding hydrogens is 351 g/mol. The van der Waals surface area contributed by atoms with Crippen LogP contribution in [0.3, 0.4) is 0 Å². The van der Waals surface area contributed by atoms with Crippen molar-refractivity contribution in [3.8, 4) is 5.75 Å². The highest BCUT2D eigenvalue weighted by atomic mass is 19.1. The van der Waals surface area contributed by atoms with E-state index < -0.39 is 23.7 Å². The van der Waals surface area contributed by atoms with Crippen LogP contribution in [0.1, 0.15) is 18.1 Å². The number of amides is 2. The predicted octanol–water partition coefficient (Wildman–Crippen LogP) is 3.04. The number of hydrogen-bond donors (Lipinski definition) is 2. The predicted molar refractivity (Wildman–Crippen MR) is 97.4 cm³/mol. The van der Waals surface area contributed by atoms with E-state index in [2.05, 4.69) is 10.9 Å². The molecule has 27 heavy (non-hydrogen) atoms. The molecule has 3 aromatic rings. The van der Waals surface area contributed by atoms with Crippen LogP contribution in [0.15, 0.2) is 53.1 Å². The first-order valence-electron chi connectivity index (χ1n) is 8.40. The minimum absolute atomic E-state index is 0.0355. The molecule has 0 fully saturated rings. The Morgan fingerprint density at radius 1 is 1.19 bits per heavy atom. The van der Waals surface area contributed by atoms with Crippen molar-refractivity contribution in [2.24, 2.45) is 0 Å². The number of rotatable bonds is 5. The van der Waals surface area contributed by atoms with E-state index in [4.69, 9.17) is 9.15 Å². The van der Waals surface area contributed by atoms with E-state index in [-0.39, 0.29) is 12.2 Å². The molecule has 0 saturated carbocycles. The van der Waals surface area contributed by atoms with Crippen molar-refractivity contribution in [1.82, 2.24) is 10.9 Å². The minimum atomic E-state index is -0.986. The molecule has 1 atom stereocenters. The van der Waals surface area contributed by atoms with Crippen LogP contribution in [-0.2, 0) is 16.0 Å². The van der Waals surface area contributed by atoms with Gasteiger partial charge in [0.25, 0.3) is 5.91 Å². The average Bonchev–Trinajstić information content (AvgIpc) is 3.03. The van der Waals surface area contributed by atoms with Gasteiger partial charge in [-0.25, -0.2) is 4.39 Å². The molecule has 3 rings (SSSR count). The molecule has 0 aliphatic carbocycles. The highest BCUT2D eigenvalue weighted by molar-refractivity contribution is 5.89. The second kappa shape index (κ2) is 7.90. The number of hydrazine groups is 1. The summed E-state index contributed by atoms with van der Waals surface area (Å²) < 4.78 is 24.3. The number of benzene rings is 2. The number of halogens is 1. The van der Waals surface area contributed by atoms with Crippen LogP contribution >= 0.6 is 0 Å². The summed E-state index contributed by atoms with van der Waals surface area (Å²) in [7, 11) is 0.